The number of nitriles is 1. The van der Waals surface area contributed by atoms with Crippen LogP contribution in [0, 0.1) is 17.1 Å². The van der Waals surface area contributed by atoms with Crippen molar-refractivity contribution in [1.29, 1.82) is 5.26 Å². The molecule has 0 amide bonds. The van der Waals surface area contributed by atoms with E-state index in [-0.39, 0.29) is 12.2 Å². The Balaban J connectivity index is 2.45. The van der Waals surface area contributed by atoms with Crippen LogP contribution in [0.5, 0.6) is 0 Å². The van der Waals surface area contributed by atoms with Crippen molar-refractivity contribution < 1.29 is 4.39 Å². The lowest BCUT2D eigenvalue weighted by molar-refractivity contribution is 0.628. The molecule has 0 radical (unpaired) electrons. The molecule has 0 N–H and O–H groups in total. The first-order chi connectivity index (χ1) is 8.19. The number of nitrogens with zero attached hydrogens (tertiary/aromatic N) is 2. The summed E-state index contributed by atoms with van der Waals surface area (Å²) in [5, 5.41) is 8.98. The van der Waals surface area contributed by atoms with Crippen LogP contribution in [0.2, 0.25) is 5.15 Å². The summed E-state index contributed by atoms with van der Waals surface area (Å²) >= 11 is 5.87. The smallest absolute Gasteiger partial charge is 0.130 e. The minimum atomic E-state index is -0.298. The fraction of sp³-hybridized carbons (Fsp3) is 0.0769. The molecule has 2 rings (SSSR count). The lowest BCUT2D eigenvalue weighted by Crippen LogP contribution is -1.89. The van der Waals surface area contributed by atoms with Crippen LogP contribution in [-0.2, 0) is 6.42 Å². The first kappa shape index (κ1) is 11.6. The molecule has 1 aromatic carbocycles. The second-order valence-corrected chi connectivity index (χ2v) is 3.91. The number of aromatic nitrogens is 1. The van der Waals surface area contributed by atoms with Gasteiger partial charge in [-0.05, 0) is 42.0 Å². The summed E-state index contributed by atoms with van der Waals surface area (Å²) in [6.45, 7) is 0. The van der Waals surface area contributed by atoms with E-state index in [1.54, 1.807) is 24.3 Å². The zero-order valence-electron chi connectivity index (χ0n) is 8.82. The third kappa shape index (κ3) is 2.80. The molecule has 17 heavy (non-hydrogen) atoms. The highest BCUT2D eigenvalue weighted by Gasteiger charge is 2.04. The summed E-state index contributed by atoms with van der Waals surface area (Å²) in [6, 6.07) is 11.5. The molecule has 84 valence electrons. The maximum Gasteiger partial charge on any atom is 0.130 e. The molecular formula is C13H8ClFN2. The molecule has 0 atom stereocenters. The van der Waals surface area contributed by atoms with Gasteiger partial charge in [0.25, 0.3) is 0 Å². The number of hydrogen-bond donors (Lipinski definition) is 0. The average molecular weight is 247 g/mol. The fourth-order valence-corrected chi connectivity index (χ4v) is 1.74. The van der Waals surface area contributed by atoms with E-state index in [1.165, 1.54) is 12.1 Å². The Kier molecular flexibility index (Phi) is 3.36. The summed E-state index contributed by atoms with van der Waals surface area (Å²) in [7, 11) is 0. The second-order valence-electron chi connectivity index (χ2n) is 3.53. The molecule has 2 nitrogen and oxygen atoms in total. The molecule has 0 unspecified atom stereocenters. The van der Waals surface area contributed by atoms with Gasteiger partial charge >= 0.3 is 0 Å². The van der Waals surface area contributed by atoms with Gasteiger partial charge < -0.3 is 0 Å². The van der Waals surface area contributed by atoms with E-state index in [9.17, 15) is 4.39 Å². The summed E-state index contributed by atoms with van der Waals surface area (Å²) in [5.41, 5.74) is 2.21. The van der Waals surface area contributed by atoms with E-state index in [4.69, 9.17) is 16.9 Å². The van der Waals surface area contributed by atoms with Crippen molar-refractivity contribution in [3.05, 3.63) is 52.9 Å². The summed E-state index contributed by atoms with van der Waals surface area (Å²) < 4.78 is 12.8. The minimum Gasteiger partial charge on any atom is -0.236 e. The van der Waals surface area contributed by atoms with Gasteiger partial charge in [0.15, 0.2) is 0 Å². The van der Waals surface area contributed by atoms with Gasteiger partial charge in [-0.1, -0.05) is 11.6 Å². The third-order valence-corrected chi connectivity index (χ3v) is 2.47. The van der Waals surface area contributed by atoms with E-state index in [0.29, 0.717) is 10.8 Å². The van der Waals surface area contributed by atoms with Crippen LogP contribution in [0.4, 0.5) is 4.39 Å². The van der Waals surface area contributed by atoms with Crippen molar-refractivity contribution in [2.45, 2.75) is 6.42 Å². The van der Waals surface area contributed by atoms with Gasteiger partial charge in [0.2, 0.25) is 0 Å². The number of pyridine rings is 1. The van der Waals surface area contributed by atoms with Crippen molar-refractivity contribution in [3.8, 4) is 17.3 Å². The Bertz CT molecular complexity index is 573. The number of hydrogen-bond acceptors (Lipinski definition) is 2. The molecule has 4 heteroatoms. The largest absolute Gasteiger partial charge is 0.236 e. The Labute approximate surface area is 103 Å². The summed E-state index contributed by atoms with van der Waals surface area (Å²) in [4.78, 5) is 4.15. The van der Waals surface area contributed by atoms with Crippen LogP contribution in [0.15, 0.2) is 36.4 Å². The quantitative estimate of drug-likeness (QED) is 0.759. The van der Waals surface area contributed by atoms with E-state index in [1.807, 2.05) is 0 Å². The normalized spacial score (nSPS) is 9.94. The van der Waals surface area contributed by atoms with Crippen LogP contribution < -0.4 is 0 Å². The van der Waals surface area contributed by atoms with Crippen LogP contribution >= 0.6 is 11.6 Å². The van der Waals surface area contributed by atoms with Crippen LogP contribution in [-0.4, -0.2) is 4.98 Å². The lowest BCUT2D eigenvalue weighted by Gasteiger charge is -2.04. The molecule has 0 aliphatic rings. The standard InChI is InChI=1S/C13H8ClFN2/c14-13-8-9(5-6-16)7-12(17-13)10-1-3-11(15)4-2-10/h1-4,7-8H,5H2. The molecule has 0 bridgehead atoms. The highest BCUT2D eigenvalue weighted by molar-refractivity contribution is 6.29. The maximum atomic E-state index is 12.8. The average Bonchev–Trinajstić information content (AvgIpc) is 2.29. The van der Waals surface area contributed by atoms with Crippen molar-refractivity contribution in [2.24, 2.45) is 0 Å². The van der Waals surface area contributed by atoms with Crippen LogP contribution in [0.3, 0.4) is 0 Å². The van der Waals surface area contributed by atoms with Gasteiger partial charge in [-0.25, -0.2) is 9.37 Å². The minimum absolute atomic E-state index is 0.274. The van der Waals surface area contributed by atoms with E-state index in [2.05, 4.69) is 11.1 Å². The van der Waals surface area contributed by atoms with Gasteiger partial charge in [0.1, 0.15) is 11.0 Å². The molecular weight excluding hydrogens is 239 g/mol. The SMILES string of the molecule is N#CCc1cc(Cl)nc(-c2ccc(F)cc2)c1. The van der Waals surface area contributed by atoms with Gasteiger partial charge in [0, 0.05) is 5.56 Å². The summed E-state index contributed by atoms with van der Waals surface area (Å²) in [6.07, 6.45) is 0.274. The number of benzene rings is 1. The van der Waals surface area contributed by atoms with E-state index < -0.39 is 0 Å². The molecule has 0 aliphatic carbocycles. The second kappa shape index (κ2) is 4.94. The van der Waals surface area contributed by atoms with Gasteiger partial charge in [0.05, 0.1) is 18.2 Å². The number of halogens is 2. The first-order valence-electron chi connectivity index (χ1n) is 4.98. The van der Waals surface area contributed by atoms with E-state index in [0.717, 1.165) is 11.1 Å². The van der Waals surface area contributed by atoms with Crippen LogP contribution in [0.1, 0.15) is 5.56 Å². The predicted octanol–water partition coefficient (Wildman–Crippen LogP) is 3.61. The molecule has 0 fully saturated rings. The predicted molar refractivity (Wildman–Crippen MR) is 64.0 cm³/mol. The van der Waals surface area contributed by atoms with Gasteiger partial charge in [-0.15, -0.1) is 0 Å². The lowest BCUT2D eigenvalue weighted by atomic mass is 10.1. The number of rotatable bonds is 2. The highest BCUT2D eigenvalue weighted by Crippen LogP contribution is 2.21. The Morgan fingerprint density at radius 3 is 2.59 bits per heavy atom. The summed E-state index contributed by atoms with van der Waals surface area (Å²) in [5.74, 6) is -0.298. The molecule has 0 saturated carbocycles. The fourth-order valence-electron chi connectivity index (χ4n) is 1.51. The molecule has 0 spiro atoms. The molecule has 0 saturated heterocycles. The van der Waals surface area contributed by atoms with Crippen molar-refractivity contribution in [1.82, 2.24) is 4.98 Å². The topological polar surface area (TPSA) is 36.7 Å². The van der Waals surface area contributed by atoms with Gasteiger partial charge in [-0.2, -0.15) is 5.26 Å². The Morgan fingerprint density at radius 2 is 1.94 bits per heavy atom. The Morgan fingerprint density at radius 1 is 1.24 bits per heavy atom. The van der Waals surface area contributed by atoms with E-state index >= 15 is 0 Å². The zero-order chi connectivity index (χ0) is 12.3. The third-order valence-electron chi connectivity index (χ3n) is 2.28. The highest BCUT2D eigenvalue weighted by atomic mass is 35.5. The zero-order valence-corrected chi connectivity index (χ0v) is 9.58. The van der Waals surface area contributed by atoms with Gasteiger partial charge in [-0.3, -0.25) is 0 Å². The van der Waals surface area contributed by atoms with Crippen molar-refractivity contribution >= 4 is 11.6 Å². The molecule has 1 aromatic heterocycles. The molecule has 0 aliphatic heterocycles. The first-order valence-corrected chi connectivity index (χ1v) is 5.36. The van der Waals surface area contributed by atoms with Crippen molar-refractivity contribution in [3.63, 3.8) is 0 Å². The van der Waals surface area contributed by atoms with Crippen LogP contribution in [0.25, 0.3) is 11.3 Å². The van der Waals surface area contributed by atoms with Crippen molar-refractivity contribution in [2.75, 3.05) is 0 Å². The maximum absolute atomic E-state index is 12.8. The molecule has 2 aromatic rings. The monoisotopic (exact) mass is 246 g/mol. The Hall–Kier alpha value is -1.92. The molecule has 1 heterocycles.